The lowest BCUT2D eigenvalue weighted by Gasteiger charge is -2.40. The second-order valence-electron chi connectivity index (χ2n) is 4.95. The maximum Gasteiger partial charge on any atom is 0.166 e. The van der Waals surface area contributed by atoms with Gasteiger partial charge < -0.3 is 0 Å². The van der Waals surface area contributed by atoms with Crippen LogP contribution in [0.15, 0.2) is 0 Å². The number of hydrogen-bond donors (Lipinski definition) is 0. The minimum atomic E-state index is -3.09. The van der Waals surface area contributed by atoms with Gasteiger partial charge in [0.05, 0.1) is 6.04 Å². The molecule has 1 heterocycles. The van der Waals surface area contributed by atoms with Crippen molar-refractivity contribution in [2.24, 2.45) is 0 Å². The lowest BCUT2D eigenvalue weighted by Crippen LogP contribution is -2.55. The second-order valence-corrected chi connectivity index (χ2v) is 8.54. The molecule has 2 aliphatic rings. The molecule has 0 N–H and O–H groups in total. The van der Waals surface area contributed by atoms with Crippen LogP contribution in [0.4, 0.5) is 0 Å². The summed E-state index contributed by atoms with van der Waals surface area (Å²) in [5.74, 6) is 1.94. The fourth-order valence-corrected chi connectivity index (χ4v) is 5.84. The molecule has 6 heteroatoms. The van der Waals surface area contributed by atoms with Crippen molar-refractivity contribution in [2.75, 3.05) is 23.8 Å². The van der Waals surface area contributed by atoms with Gasteiger partial charge in [-0.2, -0.15) is 11.8 Å². The zero-order valence-corrected chi connectivity index (χ0v) is 12.4. The van der Waals surface area contributed by atoms with Gasteiger partial charge in [-0.1, -0.05) is 13.3 Å². The van der Waals surface area contributed by atoms with E-state index in [1.54, 1.807) is 18.7 Å². The molecular formula is C12H21NO3S2. The lowest BCUT2D eigenvalue weighted by molar-refractivity contribution is -0.126. The molecule has 2 fully saturated rings. The minimum absolute atomic E-state index is 0.147. The summed E-state index contributed by atoms with van der Waals surface area (Å²) in [5, 5.41) is -0.451. The smallest absolute Gasteiger partial charge is 0.166 e. The van der Waals surface area contributed by atoms with Gasteiger partial charge >= 0.3 is 0 Å². The van der Waals surface area contributed by atoms with E-state index in [0.29, 0.717) is 12.2 Å². The first kappa shape index (κ1) is 14.3. The van der Waals surface area contributed by atoms with Crippen molar-refractivity contribution >= 4 is 27.4 Å². The zero-order chi connectivity index (χ0) is 13.2. The number of rotatable bonds is 3. The number of ketones is 1. The summed E-state index contributed by atoms with van der Waals surface area (Å²) in [6, 6.07) is -0.147. The topological polar surface area (TPSA) is 54.5 Å². The van der Waals surface area contributed by atoms with Crippen LogP contribution in [0.1, 0.15) is 32.6 Å². The highest BCUT2D eigenvalue weighted by atomic mass is 32.2. The Hall–Kier alpha value is -0.0700. The van der Waals surface area contributed by atoms with E-state index in [1.807, 2.05) is 4.90 Å². The summed E-state index contributed by atoms with van der Waals surface area (Å²) < 4.78 is 24.3. The van der Waals surface area contributed by atoms with Crippen LogP contribution in [0, 0.1) is 0 Å². The molecule has 0 aromatic rings. The predicted molar refractivity (Wildman–Crippen MR) is 74.5 cm³/mol. The van der Waals surface area contributed by atoms with Crippen molar-refractivity contribution < 1.29 is 13.2 Å². The van der Waals surface area contributed by atoms with Crippen LogP contribution in [-0.4, -0.2) is 54.3 Å². The van der Waals surface area contributed by atoms with Crippen LogP contribution < -0.4 is 0 Å². The first-order valence-electron chi connectivity index (χ1n) is 6.64. The largest absolute Gasteiger partial charge is 0.298 e. The second kappa shape index (κ2) is 5.92. The summed E-state index contributed by atoms with van der Waals surface area (Å²) in [4.78, 5) is 14.0. The Labute approximate surface area is 113 Å². The fraction of sp³-hybridized carbons (Fsp3) is 0.917. The lowest BCUT2D eigenvalue weighted by atomic mass is 9.93. The maximum atomic E-state index is 12.1. The van der Waals surface area contributed by atoms with Crippen molar-refractivity contribution in [2.45, 2.75) is 44.0 Å². The molecule has 2 unspecified atom stereocenters. The van der Waals surface area contributed by atoms with E-state index < -0.39 is 15.2 Å². The molecule has 1 aliphatic heterocycles. The van der Waals surface area contributed by atoms with Crippen LogP contribution in [0.3, 0.4) is 0 Å². The van der Waals surface area contributed by atoms with E-state index >= 15 is 0 Å². The third-order valence-electron chi connectivity index (χ3n) is 3.86. The molecule has 4 nitrogen and oxygen atoms in total. The van der Waals surface area contributed by atoms with Crippen molar-refractivity contribution in [3.63, 3.8) is 0 Å². The van der Waals surface area contributed by atoms with Crippen molar-refractivity contribution in [1.29, 1.82) is 0 Å². The molecule has 1 aliphatic carbocycles. The molecule has 2 atom stereocenters. The maximum absolute atomic E-state index is 12.1. The summed E-state index contributed by atoms with van der Waals surface area (Å²) in [6.07, 6.45) is 3.45. The standard InChI is InChI=1S/C12H21NO3S2/c1-2-18(15,16)12-9-17-8-7-13(12)10-5-3-4-6-11(10)14/h10,12H,2-9H2,1H3. The Morgan fingerprint density at radius 2 is 2.17 bits per heavy atom. The molecule has 0 aromatic carbocycles. The van der Waals surface area contributed by atoms with Crippen LogP contribution >= 0.6 is 11.8 Å². The number of hydrogen-bond acceptors (Lipinski definition) is 5. The van der Waals surface area contributed by atoms with Gasteiger partial charge in [-0.15, -0.1) is 0 Å². The van der Waals surface area contributed by atoms with Crippen LogP contribution in [0.25, 0.3) is 0 Å². The third kappa shape index (κ3) is 2.91. The van der Waals surface area contributed by atoms with Gasteiger partial charge in [0.2, 0.25) is 0 Å². The Balaban J connectivity index is 2.19. The van der Waals surface area contributed by atoms with Gasteiger partial charge in [0.1, 0.15) is 11.2 Å². The Morgan fingerprint density at radius 3 is 2.83 bits per heavy atom. The quantitative estimate of drug-likeness (QED) is 0.784. The van der Waals surface area contributed by atoms with Gasteiger partial charge in [0.15, 0.2) is 9.84 Å². The van der Waals surface area contributed by atoms with Crippen LogP contribution in [0.2, 0.25) is 0 Å². The van der Waals surface area contributed by atoms with E-state index in [0.717, 1.165) is 31.6 Å². The Morgan fingerprint density at radius 1 is 1.39 bits per heavy atom. The number of carbonyl (C=O) groups is 1. The first-order valence-corrected chi connectivity index (χ1v) is 9.51. The summed E-state index contributed by atoms with van der Waals surface area (Å²) in [6.45, 7) is 2.42. The number of Topliss-reactive ketones (excluding diaryl/α,β-unsaturated/α-hetero) is 1. The van der Waals surface area contributed by atoms with Crippen molar-refractivity contribution in [3.8, 4) is 0 Å². The molecular weight excluding hydrogens is 270 g/mol. The minimum Gasteiger partial charge on any atom is -0.298 e. The van der Waals surface area contributed by atoms with Gasteiger partial charge in [-0.25, -0.2) is 8.42 Å². The molecule has 0 aromatic heterocycles. The third-order valence-corrected chi connectivity index (χ3v) is 7.17. The highest BCUT2D eigenvalue weighted by molar-refractivity contribution is 8.01. The van der Waals surface area contributed by atoms with Gasteiger partial charge in [0.25, 0.3) is 0 Å². The average molecular weight is 291 g/mol. The fourth-order valence-electron chi connectivity index (χ4n) is 2.77. The molecule has 2 rings (SSSR count). The summed E-state index contributed by atoms with van der Waals surface area (Å²) in [5.41, 5.74) is 0. The summed E-state index contributed by atoms with van der Waals surface area (Å²) >= 11 is 1.68. The average Bonchev–Trinajstić information content (AvgIpc) is 2.39. The van der Waals surface area contributed by atoms with Gasteiger partial charge in [0, 0.05) is 30.2 Å². The Bertz CT molecular complexity index is 408. The summed E-state index contributed by atoms with van der Waals surface area (Å²) in [7, 11) is -3.09. The molecule has 0 bridgehead atoms. The highest BCUT2D eigenvalue weighted by Crippen LogP contribution is 2.28. The Kier molecular flexibility index (Phi) is 4.72. The molecule has 0 radical (unpaired) electrons. The number of thioether (sulfide) groups is 1. The van der Waals surface area contributed by atoms with Gasteiger partial charge in [-0.05, 0) is 12.8 Å². The molecule has 0 amide bonds. The highest BCUT2D eigenvalue weighted by Gasteiger charge is 2.39. The van der Waals surface area contributed by atoms with E-state index in [9.17, 15) is 13.2 Å². The van der Waals surface area contributed by atoms with E-state index in [-0.39, 0.29) is 17.6 Å². The van der Waals surface area contributed by atoms with Gasteiger partial charge in [-0.3, -0.25) is 9.69 Å². The normalized spacial score (nSPS) is 31.5. The predicted octanol–water partition coefficient (Wildman–Crippen LogP) is 1.31. The zero-order valence-electron chi connectivity index (χ0n) is 10.8. The molecule has 104 valence electrons. The van der Waals surface area contributed by atoms with Crippen LogP contribution in [0.5, 0.6) is 0 Å². The van der Waals surface area contributed by atoms with E-state index in [2.05, 4.69) is 0 Å². The van der Waals surface area contributed by atoms with E-state index in [1.165, 1.54) is 0 Å². The first-order chi connectivity index (χ1) is 8.56. The van der Waals surface area contributed by atoms with E-state index in [4.69, 9.17) is 0 Å². The molecule has 18 heavy (non-hydrogen) atoms. The SMILES string of the molecule is CCS(=O)(=O)C1CSCCN1C1CCCCC1=O. The molecule has 0 spiro atoms. The number of sulfone groups is 1. The number of nitrogens with zero attached hydrogens (tertiary/aromatic N) is 1. The molecule has 1 saturated carbocycles. The van der Waals surface area contributed by atoms with Crippen molar-refractivity contribution in [1.82, 2.24) is 4.90 Å². The van der Waals surface area contributed by atoms with Crippen molar-refractivity contribution in [3.05, 3.63) is 0 Å². The number of carbonyl (C=O) groups excluding carboxylic acids is 1. The molecule has 1 saturated heterocycles. The monoisotopic (exact) mass is 291 g/mol. The van der Waals surface area contributed by atoms with Crippen LogP contribution in [-0.2, 0) is 14.6 Å².